The van der Waals surface area contributed by atoms with Crippen LogP contribution in [0, 0.1) is 5.41 Å². The maximum atomic E-state index is 4.69. The zero-order valence-electron chi connectivity index (χ0n) is 14.3. The fraction of sp³-hybridized carbons (Fsp3) is 0.368. The molecule has 0 amide bonds. The van der Waals surface area contributed by atoms with E-state index in [0.717, 1.165) is 22.8 Å². The number of pyridine rings is 2. The number of aliphatic imine (C=N–C) groups is 2. The van der Waals surface area contributed by atoms with Gasteiger partial charge in [0.2, 0.25) is 0 Å². The van der Waals surface area contributed by atoms with E-state index >= 15 is 0 Å². The molecule has 2 rings (SSSR count). The molecule has 0 unspecified atom stereocenters. The van der Waals surface area contributed by atoms with E-state index in [1.807, 2.05) is 50.2 Å². The molecule has 0 aliphatic heterocycles. The lowest BCUT2D eigenvalue weighted by atomic mass is 9.94. The predicted molar refractivity (Wildman–Crippen MR) is 96.4 cm³/mol. The van der Waals surface area contributed by atoms with Crippen LogP contribution in [0.2, 0.25) is 0 Å². The van der Waals surface area contributed by atoms with E-state index in [0.29, 0.717) is 13.1 Å². The van der Waals surface area contributed by atoms with Crippen LogP contribution in [0.1, 0.15) is 39.1 Å². The Morgan fingerprint density at radius 1 is 0.826 bits per heavy atom. The first-order valence-electron chi connectivity index (χ1n) is 7.83. The van der Waals surface area contributed by atoms with Gasteiger partial charge in [-0.15, -0.1) is 0 Å². The molecule has 0 saturated heterocycles. The Morgan fingerprint density at radius 2 is 1.26 bits per heavy atom. The highest BCUT2D eigenvalue weighted by atomic mass is 14.8. The monoisotopic (exact) mass is 308 g/mol. The van der Waals surface area contributed by atoms with Gasteiger partial charge in [0.15, 0.2) is 0 Å². The molecule has 2 aromatic rings. The minimum atomic E-state index is -0.00786. The molecule has 0 aliphatic carbocycles. The van der Waals surface area contributed by atoms with Gasteiger partial charge in [-0.2, -0.15) is 0 Å². The minimum Gasteiger partial charge on any atom is -0.287 e. The summed E-state index contributed by atoms with van der Waals surface area (Å²) in [6.07, 6.45) is 3.58. The average Bonchev–Trinajstić information content (AvgIpc) is 2.59. The molecule has 0 atom stereocenters. The van der Waals surface area contributed by atoms with Crippen LogP contribution in [0.5, 0.6) is 0 Å². The van der Waals surface area contributed by atoms with E-state index < -0.39 is 0 Å². The Labute approximate surface area is 138 Å². The summed E-state index contributed by atoms with van der Waals surface area (Å²) in [5.74, 6) is 0. The van der Waals surface area contributed by atoms with Crippen LogP contribution in [0.3, 0.4) is 0 Å². The van der Waals surface area contributed by atoms with Gasteiger partial charge in [0.1, 0.15) is 0 Å². The van der Waals surface area contributed by atoms with Gasteiger partial charge >= 0.3 is 0 Å². The Kier molecular flexibility index (Phi) is 5.74. The van der Waals surface area contributed by atoms with Gasteiger partial charge in [-0.05, 0) is 38.1 Å². The smallest absolute Gasteiger partial charge is 0.0836 e. The molecule has 0 spiro atoms. The van der Waals surface area contributed by atoms with Crippen molar-refractivity contribution in [3.63, 3.8) is 0 Å². The SMILES string of the molecule is CC(=NCC(C)(C)CN=C(C)c1ccccn1)c1ccccn1. The Morgan fingerprint density at radius 3 is 1.61 bits per heavy atom. The first-order chi connectivity index (χ1) is 11.0. The Balaban J connectivity index is 1.99. The third kappa shape index (κ3) is 5.40. The molecule has 0 bridgehead atoms. The minimum absolute atomic E-state index is 0.00786. The first-order valence-corrected chi connectivity index (χ1v) is 7.83. The summed E-state index contributed by atoms with van der Waals surface area (Å²) in [5, 5.41) is 0. The van der Waals surface area contributed by atoms with Crippen molar-refractivity contribution in [2.45, 2.75) is 27.7 Å². The number of aromatic nitrogens is 2. The van der Waals surface area contributed by atoms with E-state index in [9.17, 15) is 0 Å². The van der Waals surface area contributed by atoms with Crippen LogP contribution in [0.15, 0.2) is 58.8 Å². The molecular weight excluding hydrogens is 284 g/mol. The fourth-order valence-electron chi connectivity index (χ4n) is 2.03. The highest BCUT2D eigenvalue weighted by Gasteiger charge is 2.17. The summed E-state index contributed by atoms with van der Waals surface area (Å²) >= 11 is 0. The van der Waals surface area contributed by atoms with Crippen LogP contribution >= 0.6 is 0 Å². The molecule has 0 aliphatic rings. The van der Waals surface area contributed by atoms with Crippen molar-refractivity contribution in [2.75, 3.05) is 13.1 Å². The highest BCUT2D eigenvalue weighted by molar-refractivity contribution is 5.97. The molecule has 0 radical (unpaired) electrons. The predicted octanol–water partition coefficient (Wildman–Crippen LogP) is 3.82. The second kappa shape index (κ2) is 7.77. The zero-order chi connectivity index (χ0) is 16.7. The van der Waals surface area contributed by atoms with E-state index in [-0.39, 0.29) is 5.41 Å². The first kappa shape index (κ1) is 17.0. The van der Waals surface area contributed by atoms with Gasteiger partial charge in [-0.3, -0.25) is 20.0 Å². The van der Waals surface area contributed by atoms with Crippen LogP contribution in [0.4, 0.5) is 0 Å². The van der Waals surface area contributed by atoms with E-state index in [1.165, 1.54) is 0 Å². The van der Waals surface area contributed by atoms with Gasteiger partial charge in [0.05, 0.1) is 22.8 Å². The molecule has 0 saturated carbocycles. The molecule has 2 aromatic heterocycles. The lowest BCUT2D eigenvalue weighted by molar-refractivity contribution is 0.395. The van der Waals surface area contributed by atoms with Crippen LogP contribution in [-0.2, 0) is 0 Å². The normalized spacial score (nSPS) is 13.2. The lowest BCUT2D eigenvalue weighted by Crippen LogP contribution is -2.21. The maximum absolute atomic E-state index is 4.69. The fourth-order valence-corrected chi connectivity index (χ4v) is 2.03. The standard InChI is InChI=1S/C19H24N4/c1-15(17-9-5-7-11-20-17)22-13-19(3,4)14-23-16(2)18-10-6-8-12-21-18/h5-12H,13-14H2,1-4H3. The van der Waals surface area contributed by atoms with Crippen LogP contribution < -0.4 is 0 Å². The van der Waals surface area contributed by atoms with Gasteiger partial charge in [-0.1, -0.05) is 26.0 Å². The molecule has 0 aromatic carbocycles. The molecule has 0 N–H and O–H groups in total. The molecule has 0 fully saturated rings. The van der Waals surface area contributed by atoms with Crippen LogP contribution in [0.25, 0.3) is 0 Å². The summed E-state index contributed by atoms with van der Waals surface area (Å²) in [7, 11) is 0. The maximum Gasteiger partial charge on any atom is 0.0836 e. The summed E-state index contributed by atoms with van der Waals surface area (Å²) in [4.78, 5) is 18.0. The summed E-state index contributed by atoms with van der Waals surface area (Å²) in [5.41, 5.74) is 3.77. The second-order valence-electron chi connectivity index (χ2n) is 6.40. The summed E-state index contributed by atoms with van der Waals surface area (Å²) < 4.78 is 0. The van der Waals surface area contributed by atoms with Gasteiger partial charge < -0.3 is 0 Å². The third-order valence-corrected chi connectivity index (χ3v) is 3.56. The van der Waals surface area contributed by atoms with Crippen molar-refractivity contribution in [1.29, 1.82) is 0 Å². The second-order valence-corrected chi connectivity index (χ2v) is 6.40. The average molecular weight is 308 g/mol. The number of nitrogens with zero attached hydrogens (tertiary/aromatic N) is 4. The van der Waals surface area contributed by atoms with Crippen LogP contribution in [-0.4, -0.2) is 34.5 Å². The summed E-state index contributed by atoms with van der Waals surface area (Å²) in [6, 6.07) is 11.7. The Hall–Kier alpha value is -2.36. The van der Waals surface area contributed by atoms with Crippen molar-refractivity contribution >= 4 is 11.4 Å². The van der Waals surface area contributed by atoms with Gasteiger partial charge in [0, 0.05) is 30.9 Å². The quantitative estimate of drug-likeness (QED) is 0.762. The van der Waals surface area contributed by atoms with Crippen molar-refractivity contribution < 1.29 is 0 Å². The third-order valence-electron chi connectivity index (χ3n) is 3.56. The van der Waals surface area contributed by atoms with Gasteiger partial charge in [-0.25, -0.2) is 0 Å². The number of hydrogen-bond donors (Lipinski definition) is 0. The van der Waals surface area contributed by atoms with Gasteiger partial charge in [0.25, 0.3) is 0 Å². The number of rotatable bonds is 6. The molecule has 4 heteroatoms. The largest absolute Gasteiger partial charge is 0.287 e. The van der Waals surface area contributed by atoms with E-state index in [2.05, 4.69) is 33.8 Å². The van der Waals surface area contributed by atoms with Crippen molar-refractivity contribution in [3.05, 3.63) is 60.2 Å². The molecule has 2 heterocycles. The molecule has 23 heavy (non-hydrogen) atoms. The van der Waals surface area contributed by atoms with Crippen molar-refractivity contribution in [3.8, 4) is 0 Å². The zero-order valence-corrected chi connectivity index (χ0v) is 14.3. The lowest BCUT2D eigenvalue weighted by Gasteiger charge is -2.20. The van der Waals surface area contributed by atoms with Crippen molar-refractivity contribution in [1.82, 2.24) is 9.97 Å². The van der Waals surface area contributed by atoms with Crippen molar-refractivity contribution in [2.24, 2.45) is 15.4 Å². The molecule has 4 nitrogen and oxygen atoms in total. The highest BCUT2D eigenvalue weighted by Crippen LogP contribution is 2.17. The van der Waals surface area contributed by atoms with E-state index in [1.54, 1.807) is 12.4 Å². The molecule has 120 valence electrons. The van der Waals surface area contributed by atoms with E-state index in [4.69, 9.17) is 0 Å². The number of hydrogen-bond acceptors (Lipinski definition) is 4. The topological polar surface area (TPSA) is 50.5 Å². The summed E-state index contributed by atoms with van der Waals surface area (Å²) in [6.45, 7) is 9.79. The molecular formula is C19H24N4. The Bertz CT molecular complexity index is 614.